The average Bonchev–Trinajstić information content (AvgIpc) is 2.20. The van der Waals surface area contributed by atoms with Crippen molar-refractivity contribution in [2.75, 3.05) is 6.54 Å². The van der Waals surface area contributed by atoms with E-state index >= 15 is 0 Å². The highest BCUT2D eigenvalue weighted by Gasteiger charge is 2.31. The summed E-state index contributed by atoms with van der Waals surface area (Å²) in [6, 6.07) is 3.16. The van der Waals surface area contributed by atoms with Gasteiger partial charge in [0.2, 0.25) is 0 Å². The standard InChI is InChI=1S/C12H14ClF4N/c1-2-18-10(7-12(15,16)17)5-8-3-4-9(13)6-11(8)14/h3-4,6,10,18H,2,5,7H2,1H3. The minimum Gasteiger partial charge on any atom is -0.314 e. The van der Waals surface area contributed by atoms with Crippen molar-refractivity contribution in [2.45, 2.75) is 32.0 Å². The Morgan fingerprint density at radius 1 is 1.33 bits per heavy atom. The van der Waals surface area contributed by atoms with Crippen molar-refractivity contribution in [1.82, 2.24) is 5.32 Å². The summed E-state index contributed by atoms with van der Waals surface area (Å²) in [4.78, 5) is 0. The first kappa shape index (κ1) is 15.2. The first-order valence-electron chi connectivity index (χ1n) is 5.56. The van der Waals surface area contributed by atoms with Gasteiger partial charge in [0.05, 0.1) is 6.42 Å². The minimum absolute atomic E-state index is 0.0175. The summed E-state index contributed by atoms with van der Waals surface area (Å²) in [7, 11) is 0. The van der Waals surface area contributed by atoms with Gasteiger partial charge in [-0.15, -0.1) is 0 Å². The van der Waals surface area contributed by atoms with Gasteiger partial charge in [0, 0.05) is 11.1 Å². The van der Waals surface area contributed by atoms with Crippen molar-refractivity contribution in [3.05, 3.63) is 34.6 Å². The first-order valence-corrected chi connectivity index (χ1v) is 5.93. The molecule has 1 N–H and O–H groups in total. The van der Waals surface area contributed by atoms with E-state index in [9.17, 15) is 17.6 Å². The Balaban J connectivity index is 2.76. The lowest BCUT2D eigenvalue weighted by atomic mass is 10.0. The molecule has 0 radical (unpaired) electrons. The number of likely N-dealkylation sites (N-methyl/N-ethyl adjacent to an activating group) is 1. The second-order valence-electron chi connectivity index (χ2n) is 4.01. The van der Waals surface area contributed by atoms with Crippen molar-refractivity contribution in [3.8, 4) is 0 Å². The molecular formula is C12H14ClF4N. The summed E-state index contributed by atoms with van der Waals surface area (Å²) in [5, 5.41) is 2.94. The molecule has 0 heterocycles. The molecule has 1 aromatic rings. The van der Waals surface area contributed by atoms with Crippen molar-refractivity contribution in [3.63, 3.8) is 0 Å². The summed E-state index contributed by atoms with van der Waals surface area (Å²) in [5.74, 6) is -0.576. The van der Waals surface area contributed by atoms with Gasteiger partial charge in [0.25, 0.3) is 0 Å². The van der Waals surface area contributed by atoms with Gasteiger partial charge in [-0.05, 0) is 30.7 Å². The normalized spacial score (nSPS) is 13.7. The van der Waals surface area contributed by atoms with Crippen LogP contribution < -0.4 is 5.32 Å². The lowest BCUT2D eigenvalue weighted by Gasteiger charge is -2.19. The minimum atomic E-state index is -4.27. The Kier molecular flexibility index (Phi) is 5.41. The zero-order valence-corrected chi connectivity index (χ0v) is 10.6. The molecule has 1 nitrogen and oxygen atoms in total. The van der Waals surface area contributed by atoms with Crippen LogP contribution in [0.2, 0.25) is 5.02 Å². The third-order valence-corrected chi connectivity index (χ3v) is 2.69. The largest absolute Gasteiger partial charge is 0.390 e. The van der Waals surface area contributed by atoms with Crippen LogP contribution in [-0.4, -0.2) is 18.8 Å². The van der Waals surface area contributed by atoms with Gasteiger partial charge in [-0.25, -0.2) is 4.39 Å². The molecule has 1 aromatic carbocycles. The molecule has 0 aliphatic rings. The fraction of sp³-hybridized carbons (Fsp3) is 0.500. The predicted molar refractivity (Wildman–Crippen MR) is 63.3 cm³/mol. The van der Waals surface area contributed by atoms with Crippen LogP contribution in [0.25, 0.3) is 0 Å². The second-order valence-corrected chi connectivity index (χ2v) is 4.45. The Hall–Kier alpha value is -0.810. The number of rotatable bonds is 5. The zero-order valence-electron chi connectivity index (χ0n) is 9.82. The second kappa shape index (κ2) is 6.38. The van der Waals surface area contributed by atoms with Crippen molar-refractivity contribution in [1.29, 1.82) is 0 Å². The van der Waals surface area contributed by atoms with Gasteiger partial charge in [-0.2, -0.15) is 13.2 Å². The molecule has 0 bridgehead atoms. The maximum atomic E-state index is 13.5. The van der Waals surface area contributed by atoms with E-state index in [-0.39, 0.29) is 17.0 Å². The van der Waals surface area contributed by atoms with E-state index in [4.69, 9.17) is 11.6 Å². The number of benzene rings is 1. The lowest BCUT2D eigenvalue weighted by Crippen LogP contribution is -2.35. The monoisotopic (exact) mass is 283 g/mol. The first-order chi connectivity index (χ1) is 8.31. The number of halogens is 5. The van der Waals surface area contributed by atoms with Crippen molar-refractivity contribution >= 4 is 11.6 Å². The molecule has 1 atom stereocenters. The molecule has 0 saturated heterocycles. The molecule has 0 spiro atoms. The molecular weight excluding hydrogens is 270 g/mol. The van der Waals surface area contributed by atoms with E-state index in [1.807, 2.05) is 0 Å². The number of hydrogen-bond donors (Lipinski definition) is 1. The molecule has 18 heavy (non-hydrogen) atoms. The van der Waals surface area contributed by atoms with Crippen LogP contribution in [0.5, 0.6) is 0 Å². The fourth-order valence-electron chi connectivity index (χ4n) is 1.74. The van der Waals surface area contributed by atoms with Crippen LogP contribution in [-0.2, 0) is 6.42 Å². The lowest BCUT2D eigenvalue weighted by molar-refractivity contribution is -0.139. The Morgan fingerprint density at radius 3 is 2.50 bits per heavy atom. The summed E-state index contributed by atoms with van der Waals surface area (Å²) in [6.45, 7) is 2.11. The smallest absolute Gasteiger partial charge is 0.314 e. The molecule has 102 valence electrons. The van der Waals surface area contributed by atoms with E-state index in [1.54, 1.807) is 6.92 Å². The summed E-state index contributed by atoms with van der Waals surface area (Å²) in [5.41, 5.74) is 0.231. The predicted octanol–water partition coefficient (Wildman–Crippen LogP) is 3.95. The van der Waals surface area contributed by atoms with Gasteiger partial charge in [-0.3, -0.25) is 0 Å². The highest BCUT2D eigenvalue weighted by Crippen LogP contribution is 2.24. The number of nitrogens with one attached hydrogen (secondary N) is 1. The highest BCUT2D eigenvalue weighted by atomic mass is 35.5. The molecule has 6 heteroatoms. The van der Waals surface area contributed by atoms with Crippen LogP contribution in [0.3, 0.4) is 0 Å². The summed E-state index contributed by atoms with van der Waals surface area (Å²) in [6.07, 6.45) is -5.27. The molecule has 0 amide bonds. The highest BCUT2D eigenvalue weighted by molar-refractivity contribution is 6.30. The quantitative estimate of drug-likeness (QED) is 0.807. The average molecular weight is 284 g/mol. The Labute approximate surface area is 108 Å². The molecule has 1 rings (SSSR count). The van der Waals surface area contributed by atoms with Gasteiger partial charge >= 0.3 is 6.18 Å². The van der Waals surface area contributed by atoms with Gasteiger partial charge in [-0.1, -0.05) is 24.6 Å². The van der Waals surface area contributed by atoms with Crippen LogP contribution in [0, 0.1) is 5.82 Å². The van der Waals surface area contributed by atoms with Gasteiger partial charge < -0.3 is 5.32 Å². The Bertz CT molecular complexity index is 392. The zero-order chi connectivity index (χ0) is 13.8. The van der Waals surface area contributed by atoms with Crippen LogP contribution >= 0.6 is 11.6 Å². The molecule has 0 aliphatic carbocycles. The molecule has 0 saturated carbocycles. The third-order valence-electron chi connectivity index (χ3n) is 2.45. The maximum Gasteiger partial charge on any atom is 0.390 e. The molecule has 0 fully saturated rings. The van der Waals surface area contributed by atoms with Gasteiger partial charge in [0.1, 0.15) is 5.82 Å². The summed E-state index contributed by atoms with van der Waals surface area (Å²) >= 11 is 5.59. The Morgan fingerprint density at radius 2 is 2.00 bits per heavy atom. The molecule has 1 unspecified atom stereocenters. The molecule has 0 aromatic heterocycles. The molecule has 0 aliphatic heterocycles. The van der Waals surface area contributed by atoms with Crippen LogP contribution in [0.4, 0.5) is 17.6 Å². The van der Waals surface area contributed by atoms with E-state index in [0.717, 1.165) is 6.07 Å². The topological polar surface area (TPSA) is 12.0 Å². The van der Waals surface area contributed by atoms with Crippen LogP contribution in [0.1, 0.15) is 18.9 Å². The van der Waals surface area contributed by atoms with E-state index < -0.39 is 24.5 Å². The van der Waals surface area contributed by atoms with E-state index in [1.165, 1.54) is 12.1 Å². The van der Waals surface area contributed by atoms with Crippen molar-refractivity contribution < 1.29 is 17.6 Å². The number of hydrogen-bond acceptors (Lipinski definition) is 1. The summed E-state index contributed by atoms with van der Waals surface area (Å²) < 4.78 is 50.5. The fourth-order valence-corrected chi connectivity index (χ4v) is 1.90. The number of alkyl halides is 3. The third kappa shape index (κ3) is 5.23. The SMILES string of the molecule is CCNC(Cc1ccc(Cl)cc1F)CC(F)(F)F. The maximum absolute atomic E-state index is 13.5. The van der Waals surface area contributed by atoms with Gasteiger partial charge in [0.15, 0.2) is 0 Å². The van der Waals surface area contributed by atoms with Crippen molar-refractivity contribution in [2.24, 2.45) is 0 Å². The van der Waals surface area contributed by atoms with E-state index in [2.05, 4.69) is 5.32 Å². The van der Waals surface area contributed by atoms with Crippen LogP contribution in [0.15, 0.2) is 18.2 Å². The van der Waals surface area contributed by atoms with E-state index in [0.29, 0.717) is 6.54 Å².